The van der Waals surface area contributed by atoms with E-state index in [4.69, 9.17) is 5.73 Å². The fourth-order valence-corrected chi connectivity index (χ4v) is 1.99. The van der Waals surface area contributed by atoms with E-state index in [0.717, 1.165) is 19.5 Å². The van der Waals surface area contributed by atoms with Crippen molar-refractivity contribution in [3.05, 3.63) is 29.8 Å². The first-order chi connectivity index (χ1) is 8.22. The Morgan fingerprint density at radius 1 is 1.12 bits per heavy atom. The molecule has 0 spiro atoms. The van der Waals surface area contributed by atoms with E-state index in [-0.39, 0.29) is 6.04 Å². The summed E-state index contributed by atoms with van der Waals surface area (Å²) in [6.07, 6.45) is 3.49. The number of hydrogen-bond acceptors (Lipinski definition) is 2. The van der Waals surface area contributed by atoms with E-state index in [1.165, 1.54) is 24.1 Å². The van der Waals surface area contributed by atoms with Crippen LogP contribution in [0, 0.1) is 0 Å². The molecule has 96 valence electrons. The van der Waals surface area contributed by atoms with Gasteiger partial charge in [-0.3, -0.25) is 0 Å². The smallest absolute Gasteiger partial charge is 0.0366 e. The third kappa shape index (κ3) is 4.04. The maximum atomic E-state index is 6.02. The van der Waals surface area contributed by atoms with Crippen LogP contribution >= 0.6 is 0 Å². The molecule has 0 amide bonds. The second kappa shape index (κ2) is 7.33. The van der Waals surface area contributed by atoms with Crippen LogP contribution in [-0.2, 0) is 0 Å². The summed E-state index contributed by atoms with van der Waals surface area (Å²) in [5.41, 5.74) is 8.57. The molecule has 1 rings (SSSR count). The number of hydrogen-bond donors (Lipinski definition) is 1. The number of rotatable bonds is 7. The third-order valence-corrected chi connectivity index (χ3v) is 3.29. The van der Waals surface area contributed by atoms with Crippen LogP contribution in [0.3, 0.4) is 0 Å². The van der Waals surface area contributed by atoms with Gasteiger partial charge in [-0.1, -0.05) is 32.4 Å². The van der Waals surface area contributed by atoms with Crippen LogP contribution in [-0.4, -0.2) is 13.1 Å². The van der Waals surface area contributed by atoms with Crippen molar-refractivity contribution in [2.24, 2.45) is 5.73 Å². The molecule has 0 saturated carbocycles. The normalized spacial score (nSPS) is 12.5. The largest absolute Gasteiger partial charge is 0.372 e. The van der Waals surface area contributed by atoms with Crippen LogP contribution in [0.5, 0.6) is 0 Å². The molecule has 0 saturated heterocycles. The fourth-order valence-electron chi connectivity index (χ4n) is 1.99. The third-order valence-electron chi connectivity index (χ3n) is 3.29. The quantitative estimate of drug-likeness (QED) is 0.779. The molecule has 0 aromatic heterocycles. The van der Waals surface area contributed by atoms with Crippen LogP contribution < -0.4 is 10.6 Å². The molecule has 0 heterocycles. The van der Waals surface area contributed by atoms with Gasteiger partial charge in [-0.15, -0.1) is 0 Å². The van der Waals surface area contributed by atoms with Crippen LogP contribution in [0.2, 0.25) is 0 Å². The van der Waals surface area contributed by atoms with Gasteiger partial charge in [0, 0.05) is 24.8 Å². The fraction of sp³-hybridized carbons (Fsp3) is 0.600. The predicted molar refractivity (Wildman–Crippen MR) is 76.5 cm³/mol. The molecule has 2 nitrogen and oxygen atoms in total. The predicted octanol–water partition coefficient (Wildman–Crippen LogP) is 3.72. The Hall–Kier alpha value is -1.02. The van der Waals surface area contributed by atoms with Gasteiger partial charge in [0.25, 0.3) is 0 Å². The second-order valence-corrected chi connectivity index (χ2v) is 4.54. The molecule has 0 bridgehead atoms. The molecule has 1 aromatic rings. The second-order valence-electron chi connectivity index (χ2n) is 4.54. The van der Waals surface area contributed by atoms with Crippen LogP contribution in [0.25, 0.3) is 0 Å². The molecule has 1 atom stereocenters. The molecule has 0 radical (unpaired) electrons. The van der Waals surface area contributed by atoms with Crippen molar-refractivity contribution in [1.29, 1.82) is 0 Å². The SMILES string of the molecule is CCCCN(CC)c1ccc([C@@H](N)CC)cc1. The Balaban J connectivity index is 2.70. The van der Waals surface area contributed by atoms with Crippen molar-refractivity contribution in [3.63, 3.8) is 0 Å². The van der Waals surface area contributed by atoms with Crippen LogP contribution in [0.4, 0.5) is 5.69 Å². The van der Waals surface area contributed by atoms with Crippen LogP contribution in [0.15, 0.2) is 24.3 Å². The maximum absolute atomic E-state index is 6.02. The summed E-state index contributed by atoms with van der Waals surface area (Å²) in [6, 6.07) is 8.90. The maximum Gasteiger partial charge on any atom is 0.0366 e. The molecule has 0 aliphatic rings. The van der Waals surface area contributed by atoms with Gasteiger partial charge in [0.2, 0.25) is 0 Å². The van der Waals surface area contributed by atoms with Gasteiger partial charge in [-0.05, 0) is 37.5 Å². The lowest BCUT2D eigenvalue weighted by atomic mass is 10.1. The number of benzene rings is 1. The van der Waals surface area contributed by atoms with E-state index in [2.05, 4.69) is 49.9 Å². The van der Waals surface area contributed by atoms with Crippen molar-refractivity contribution in [2.75, 3.05) is 18.0 Å². The van der Waals surface area contributed by atoms with E-state index in [1.54, 1.807) is 0 Å². The minimum absolute atomic E-state index is 0.176. The highest BCUT2D eigenvalue weighted by molar-refractivity contribution is 5.47. The average molecular weight is 234 g/mol. The van der Waals surface area contributed by atoms with Crippen molar-refractivity contribution in [2.45, 2.75) is 46.1 Å². The number of nitrogens with two attached hydrogens (primary N) is 1. The Bertz CT molecular complexity index is 305. The molecule has 1 aromatic carbocycles. The van der Waals surface area contributed by atoms with E-state index in [1.807, 2.05) is 0 Å². The van der Waals surface area contributed by atoms with Gasteiger partial charge in [-0.25, -0.2) is 0 Å². The van der Waals surface area contributed by atoms with Gasteiger partial charge >= 0.3 is 0 Å². The summed E-state index contributed by atoms with van der Waals surface area (Å²) in [5, 5.41) is 0. The lowest BCUT2D eigenvalue weighted by Crippen LogP contribution is -2.23. The Labute approximate surface area is 106 Å². The van der Waals surface area contributed by atoms with E-state index < -0.39 is 0 Å². The molecular weight excluding hydrogens is 208 g/mol. The van der Waals surface area contributed by atoms with E-state index in [9.17, 15) is 0 Å². The summed E-state index contributed by atoms with van der Waals surface area (Å²) in [5.74, 6) is 0. The first-order valence-electron chi connectivity index (χ1n) is 6.83. The zero-order valence-electron chi connectivity index (χ0n) is 11.4. The van der Waals surface area contributed by atoms with Crippen molar-refractivity contribution in [3.8, 4) is 0 Å². The summed E-state index contributed by atoms with van der Waals surface area (Å²) in [4.78, 5) is 2.42. The molecule has 17 heavy (non-hydrogen) atoms. The summed E-state index contributed by atoms with van der Waals surface area (Å²) >= 11 is 0. The number of unbranched alkanes of at least 4 members (excludes halogenated alkanes) is 1. The lowest BCUT2D eigenvalue weighted by molar-refractivity contribution is 0.697. The van der Waals surface area contributed by atoms with Gasteiger partial charge in [0.05, 0.1) is 0 Å². The Morgan fingerprint density at radius 2 is 1.76 bits per heavy atom. The van der Waals surface area contributed by atoms with Gasteiger partial charge < -0.3 is 10.6 Å². The molecular formula is C15H26N2. The Morgan fingerprint density at radius 3 is 2.24 bits per heavy atom. The Kier molecular flexibility index (Phi) is 6.06. The van der Waals surface area contributed by atoms with Gasteiger partial charge in [0.1, 0.15) is 0 Å². The topological polar surface area (TPSA) is 29.3 Å². The minimum atomic E-state index is 0.176. The van der Waals surface area contributed by atoms with Gasteiger partial charge in [-0.2, -0.15) is 0 Å². The molecule has 2 N–H and O–H groups in total. The molecule has 0 aliphatic carbocycles. The van der Waals surface area contributed by atoms with Crippen molar-refractivity contribution < 1.29 is 0 Å². The standard InChI is InChI=1S/C15H26N2/c1-4-7-12-17(6-3)14-10-8-13(9-11-14)15(16)5-2/h8-11,15H,4-7,12,16H2,1-3H3/t15-/m0/s1. The zero-order valence-corrected chi connectivity index (χ0v) is 11.4. The van der Waals surface area contributed by atoms with Gasteiger partial charge in [0.15, 0.2) is 0 Å². The summed E-state index contributed by atoms with van der Waals surface area (Å²) in [6.45, 7) is 8.78. The monoisotopic (exact) mass is 234 g/mol. The first-order valence-corrected chi connectivity index (χ1v) is 6.83. The molecule has 2 heteroatoms. The first kappa shape index (κ1) is 14.0. The van der Waals surface area contributed by atoms with Crippen LogP contribution in [0.1, 0.15) is 51.6 Å². The molecule has 0 aliphatic heterocycles. The number of anilines is 1. The zero-order chi connectivity index (χ0) is 12.7. The highest BCUT2D eigenvalue weighted by Gasteiger charge is 2.06. The molecule has 0 fully saturated rings. The summed E-state index contributed by atoms with van der Waals surface area (Å²) in [7, 11) is 0. The summed E-state index contributed by atoms with van der Waals surface area (Å²) < 4.78 is 0. The van der Waals surface area contributed by atoms with E-state index in [0.29, 0.717) is 0 Å². The highest BCUT2D eigenvalue weighted by atomic mass is 15.1. The minimum Gasteiger partial charge on any atom is -0.372 e. The van der Waals surface area contributed by atoms with E-state index >= 15 is 0 Å². The highest BCUT2D eigenvalue weighted by Crippen LogP contribution is 2.20. The van der Waals surface area contributed by atoms with Crippen molar-refractivity contribution >= 4 is 5.69 Å². The van der Waals surface area contributed by atoms with Crippen molar-refractivity contribution in [1.82, 2.24) is 0 Å². The lowest BCUT2D eigenvalue weighted by Gasteiger charge is -2.23. The number of nitrogens with zero attached hydrogens (tertiary/aromatic N) is 1. The molecule has 0 unspecified atom stereocenters. The average Bonchev–Trinajstić information content (AvgIpc) is 2.39.